The molecule has 2 N–H and O–H groups in total. The Morgan fingerprint density at radius 3 is 2.64 bits per heavy atom. The van der Waals surface area contributed by atoms with Gasteiger partial charge in [0.05, 0.1) is 27.6 Å². The van der Waals surface area contributed by atoms with Crippen molar-refractivity contribution in [2.24, 2.45) is 11.8 Å². The van der Waals surface area contributed by atoms with Gasteiger partial charge in [-0.05, 0) is 74.6 Å². The van der Waals surface area contributed by atoms with Crippen LogP contribution in [0.5, 0.6) is 0 Å². The largest absolute Gasteiger partial charge is 0.331 e. The molecule has 0 spiro atoms. The SMILES string of the molecule is CC(=O)Nc1nc(C)c(-c2cc3c(c(NS(=O)(=O)CC4CC4)c2)C(=O)N(C(C)C2CC2)C3)s1. The topological polar surface area (TPSA) is 108 Å². The third-order valence-corrected chi connectivity index (χ3v) is 9.15. The number of aromatic nitrogens is 1. The van der Waals surface area contributed by atoms with Gasteiger partial charge in [0.2, 0.25) is 15.9 Å². The van der Waals surface area contributed by atoms with Gasteiger partial charge >= 0.3 is 0 Å². The van der Waals surface area contributed by atoms with E-state index in [0.29, 0.717) is 28.8 Å². The minimum atomic E-state index is -3.57. The van der Waals surface area contributed by atoms with E-state index in [-0.39, 0.29) is 29.5 Å². The summed E-state index contributed by atoms with van der Waals surface area (Å²) in [5.74, 6) is 0.480. The van der Waals surface area contributed by atoms with Crippen molar-refractivity contribution in [2.45, 2.75) is 59.0 Å². The highest BCUT2D eigenvalue weighted by Gasteiger charge is 2.40. The zero-order valence-corrected chi connectivity index (χ0v) is 20.6. The van der Waals surface area contributed by atoms with Crippen LogP contribution in [0.1, 0.15) is 61.1 Å². The molecular formula is C23H28N4O4S2. The molecule has 1 aromatic carbocycles. The fourth-order valence-corrected chi connectivity index (χ4v) is 7.06. The quantitative estimate of drug-likeness (QED) is 0.584. The molecule has 8 nitrogen and oxygen atoms in total. The molecule has 1 aliphatic heterocycles. The summed E-state index contributed by atoms with van der Waals surface area (Å²) in [6.07, 6.45) is 4.10. The number of nitrogens with zero attached hydrogens (tertiary/aromatic N) is 2. The summed E-state index contributed by atoms with van der Waals surface area (Å²) in [6.45, 7) is 5.83. The predicted molar refractivity (Wildman–Crippen MR) is 129 cm³/mol. The number of sulfonamides is 1. The van der Waals surface area contributed by atoms with Crippen molar-refractivity contribution in [3.8, 4) is 10.4 Å². The second-order valence-electron chi connectivity index (χ2n) is 9.51. The molecule has 176 valence electrons. The molecule has 1 aromatic heterocycles. The molecular weight excluding hydrogens is 460 g/mol. The van der Waals surface area contributed by atoms with Crippen molar-refractivity contribution in [3.63, 3.8) is 0 Å². The van der Waals surface area contributed by atoms with Crippen LogP contribution in [0.2, 0.25) is 0 Å². The van der Waals surface area contributed by atoms with Crippen molar-refractivity contribution in [2.75, 3.05) is 15.8 Å². The molecule has 2 amide bonds. The highest BCUT2D eigenvalue weighted by atomic mass is 32.2. The summed E-state index contributed by atoms with van der Waals surface area (Å²) < 4.78 is 28.4. The van der Waals surface area contributed by atoms with E-state index in [0.717, 1.165) is 47.4 Å². The molecule has 2 saturated carbocycles. The first-order valence-corrected chi connectivity index (χ1v) is 13.8. The molecule has 1 unspecified atom stereocenters. The van der Waals surface area contributed by atoms with E-state index in [9.17, 15) is 18.0 Å². The fourth-order valence-electron chi connectivity index (χ4n) is 4.52. The van der Waals surface area contributed by atoms with Gasteiger partial charge in [-0.1, -0.05) is 11.3 Å². The standard InChI is InChI=1S/C23H28N4O4S2/c1-12-21(32-23(24-12)25-14(3)28)17-8-18-10-27(13(2)16-6-7-16)22(29)20(18)19(9-17)26-33(30,31)11-15-4-5-15/h8-9,13,15-16,26H,4-7,10-11H2,1-3H3,(H,24,25,28). The Morgan fingerprint density at radius 1 is 1.27 bits per heavy atom. The smallest absolute Gasteiger partial charge is 0.256 e. The van der Waals surface area contributed by atoms with Crippen LogP contribution >= 0.6 is 11.3 Å². The van der Waals surface area contributed by atoms with Crippen LogP contribution in [0, 0.1) is 18.8 Å². The normalized spacial score (nSPS) is 18.9. The number of amides is 2. The number of anilines is 2. The van der Waals surface area contributed by atoms with Gasteiger partial charge in [-0.15, -0.1) is 0 Å². The molecule has 0 bridgehead atoms. The minimum absolute atomic E-state index is 0.0780. The van der Waals surface area contributed by atoms with Crippen LogP contribution in [0.3, 0.4) is 0 Å². The molecule has 0 saturated heterocycles. The first-order chi connectivity index (χ1) is 15.6. The molecule has 10 heteroatoms. The lowest BCUT2D eigenvalue weighted by Crippen LogP contribution is -2.35. The van der Waals surface area contributed by atoms with Crippen molar-refractivity contribution in [3.05, 3.63) is 29.0 Å². The van der Waals surface area contributed by atoms with Gasteiger partial charge in [-0.25, -0.2) is 13.4 Å². The first kappa shape index (κ1) is 22.3. The Labute approximate surface area is 197 Å². The first-order valence-electron chi connectivity index (χ1n) is 11.3. The maximum Gasteiger partial charge on any atom is 0.256 e. The van der Waals surface area contributed by atoms with E-state index in [1.54, 1.807) is 6.07 Å². The predicted octanol–water partition coefficient (Wildman–Crippen LogP) is 3.98. The van der Waals surface area contributed by atoms with Gasteiger partial charge < -0.3 is 10.2 Å². The van der Waals surface area contributed by atoms with Crippen LogP contribution in [0.25, 0.3) is 10.4 Å². The van der Waals surface area contributed by atoms with Gasteiger partial charge in [0.15, 0.2) is 5.13 Å². The fraction of sp³-hybridized carbons (Fsp3) is 0.522. The number of carbonyl (C=O) groups excluding carboxylic acids is 2. The number of hydrogen-bond acceptors (Lipinski definition) is 6. The summed E-state index contributed by atoms with van der Waals surface area (Å²) in [5, 5.41) is 3.20. The lowest BCUT2D eigenvalue weighted by atomic mass is 10.0. The monoisotopic (exact) mass is 488 g/mol. The number of fused-ring (bicyclic) bond motifs is 1. The second-order valence-corrected chi connectivity index (χ2v) is 12.3. The summed E-state index contributed by atoms with van der Waals surface area (Å²) in [6, 6.07) is 3.83. The Kier molecular flexibility index (Phi) is 5.48. The van der Waals surface area contributed by atoms with E-state index in [1.807, 2.05) is 17.9 Å². The van der Waals surface area contributed by atoms with Crippen LogP contribution < -0.4 is 10.0 Å². The van der Waals surface area contributed by atoms with E-state index in [1.165, 1.54) is 18.3 Å². The van der Waals surface area contributed by atoms with Crippen molar-refractivity contribution >= 4 is 44.0 Å². The average molecular weight is 489 g/mol. The van der Waals surface area contributed by atoms with Gasteiger partial charge in [-0.2, -0.15) is 0 Å². The minimum Gasteiger partial charge on any atom is -0.331 e. The number of carbonyl (C=O) groups is 2. The third kappa shape index (κ3) is 4.63. The Bertz CT molecular complexity index is 1250. The number of hydrogen-bond donors (Lipinski definition) is 2. The van der Waals surface area contributed by atoms with Crippen LogP contribution in [-0.4, -0.2) is 41.9 Å². The molecule has 2 fully saturated rings. The highest BCUT2D eigenvalue weighted by molar-refractivity contribution is 7.92. The molecule has 2 aliphatic carbocycles. The lowest BCUT2D eigenvalue weighted by molar-refractivity contribution is -0.114. The van der Waals surface area contributed by atoms with Crippen molar-refractivity contribution in [1.82, 2.24) is 9.88 Å². The highest BCUT2D eigenvalue weighted by Crippen LogP contribution is 2.43. The number of benzene rings is 1. The number of rotatable bonds is 8. The average Bonchev–Trinajstić information content (AvgIpc) is 3.63. The van der Waals surface area contributed by atoms with Crippen LogP contribution in [0.15, 0.2) is 12.1 Å². The van der Waals surface area contributed by atoms with Crippen molar-refractivity contribution in [1.29, 1.82) is 0 Å². The van der Waals surface area contributed by atoms with E-state index in [2.05, 4.69) is 21.9 Å². The van der Waals surface area contributed by atoms with Crippen molar-refractivity contribution < 1.29 is 18.0 Å². The molecule has 3 aliphatic rings. The Balaban J connectivity index is 1.55. The molecule has 2 heterocycles. The molecule has 2 aromatic rings. The molecule has 5 rings (SSSR count). The van der Waals surface area contributed by atoms with E-state index < -0.39 is 10.0 Å². The van der Waals surface area contributed by atoms with Gasteiger partial charge in [-0.3, -0.25) is 14.3 Å². The maximum absolute atomic E-state index is 13.4. The zero-order valence-electron chi connectivity index (χ0n) is 19.0. The molecule has 33 heavy (non-hydrogen) atoms. The molecule has 1 atom stereocenters. The van der Waals surface area contributed by atoms with Gasteiger partial charge in [0, 0.05) is 19.5 Å². The number of thiazole rings is 1. The summed E-state index contributed by atoms with van der Waals surface area (Å²) >= 11 is 1.34. The molecule has 0 radical (unpaired) electrons. The Hall–Kier alpha value is -2.46. The van der Waals surface area contributed by atoms with E-state index >= 15 is 0 Å². The Morgan fingerprint density at radius 2 is 2.00 bits per heavy atom. The van der Waals surface area contributed by atoms with Crippen LogP contribution in [-0.2, 0) is 21.4 Å². The maximum atomic E-state index is 13.4. The number of aryl methyl sites for hydroxylation is 1. The summed E-state index contributed by atoms with van der Waals surface area (Å²) in [7, 11) is -3.57. The van der Waals surface area contributed by atoms with Gasteiger partial charge in [0.25, 0.3) is 5.91 Å². The second kappa shape index (κ2) is 8.09. The third-order valence-electron chi connectivity index (χ3n) is 6.59. The van der Waals surface area contributed by atoms with E-state index in [4.69, 9.17) is 0 Å². The van der Waals surface area contributed by atoms with Crippen LogP contribution in [0.4, 0.5) is 10.8 Å². The summed E-state index contributed by atoms with van der Waals surface area (Å²) in [5.41, 5.74) is 3.15. The summed E-state index contributed by atoms with van der Waals surface area (Å²) in [4.78, 5) is 32.0. The number of nitrogens with one attached hydrogen (secondary N) is 2. The lowest BCUT2D eigenvalue weighted by Gasteiger charge is -2.24. The zero-order chi connectivity index (χ0) is 23.5. The van der Waals surface area contributed by atoms with Gasteiger partial charge in [0.1, 0.15) is 0 Å².